The topological polar surface area (TPSA) is 43.4 Å². The van der Waals surface area contributed by atoms with E-state index < -0.39 is 0 Å². The van der Waals surface area contributed by atoms with Gasteiger partial charge in [0.05, 0.1) is 11.1 Å². The lowest BCUT2D eigenvalue weighted by Gasteiger charge is -2.40. The van der Waals surface area contributed by atoms with Crippen LogP contribution < -0.4 is 15.5 Å². The minimum absolute atomic E-state index is 0.130. The summed E-state index contributed by atoms with van der Waals surface area (Å²) in [4.78, 5) is 9.08. The maximum atomic E-state index is 6.54. The van der Waals surface area contributed by atoms with E-state index in [1.54, 1.807) is 6.20 Å². The molecule has 32 heavy (non-hydrogen) atoms. The van der Waals surface area contributed by atoms with Crippen molar-refractivity contribution in [2.75, 3.05) is 42.9 Å². The van der Waals surface area contributed by atoms with Gasteiger partial charge in [-0.05, 0) is 61.4 Å². The van der Waals surface area contributed by atoms with Gasteiger partial charge in [-0.1, -0.05) is 24.8 Å². The van der Waals surface area contributed by atoms with Gasteiger partial charge in [-0.2, -0.15) is 0 Å². The second-order valence-corrected chi connectivity index (χ2v) is 9.51. The number of benzene rings is 1. The van der Waals surface area contributed by atoms with Gasteiger partial charge in [0, 0.05) is 73.4 Å². The van der Waals surface area contributed by atoms with E-state index in [-0.39, 0.29) is 6.04 Å². The molecule has 6 heteroatoms. The zero-order valence-corrected chi connectivity index (χ0v) is 19.4. The highest BCUT2D eigenvalue weighted by molar-refractivity contribution is 6.31. The van der Waals surface area contributed by atoms with Gasteiger partial charge in [-0.25, -0.2) is 0 Å². The molecule has 2 aliphatic heterocycles. The third-order valence-corrected chi connectivity index (χ3v) is 7.20. The van der Waals surface area contributed by atoms with E-state index in [0.717, 1.165) is 55.4 Å². The molecule has 3 aliphatic rings. The Labute approximate surface area is 196 Å². The SMILES string of the molecule is C=C(Nc1ccc(C(=C)N2CCNCC2c2ccncc2Cl)c(N2CCCC2)c1)C1CC1. The number of piperazine rings is 1. The number of halogens is 1. The van der Waals surface area contributed by atoms with Gasteiger partial charge in [-0.15, -0.1) is 0 Å². The molecule has 0 spiro atoms. The molecule has 1 aromatic heterocycles. The predicted octanol–water partition coefficient (Wildman–Crippen LogP) is 5.29. The lowest BCUT2D eigenvalue weighted by molar-refractivity contribution is 0.247. The standard InChI is InChI=1S/C26H32ClN5/c1-18(20-5-6-20)30-21-7-8-22(25(15-21)31-12-3-4-13-31)19(2)32-14-11-29-17-26(32)23-9-10-28-16-24(23)27/h7-10,15-16,20,26,29-30H,1-6,11-14,17H2. The quantitative estimate of drug-likeness (QED) is 0.601. The number of nitrogens with zero attached hydrogens (tertiary/aromatic N) is 3. The minimum atomic E-state index is 0.130. The van der Waals surface area contributed by atoms with Crippen LogP contribution in [0.2, 0.25) is 5.02 Å². The van der Waals surface area contributed by atoms with Crippen LogP contribution in [0.5, 0.6) is 0 Å². The van der Waals surface area contributed by atoms with Gasteiger partial charge < -0.3 is 20.4 Å². The molecule has 1 unspecified atom stereocenters. The molecule has 1 atom stereocenters. The summed E-state index contributed by atoms with van der Waals surface area (Å²) in [5.41, 5.74) is 6.87. The second-order valence-electron chi connectivity index (χ2n) is 9.11. The van der Waals surface area contributed by atoms with Crippen LogP contribution in [0.25, 0.3) is 5.70 Å². The molecule has 168 valence electrons. The summed E-state index contributed by atoms with van der Waals surface area (Å²) in [6.07, 6.45) is 8.53. The van der Waals surface area contributed by atoms with Crippen molar-refractivity contribution in [1.29, 1.82) is 0 Å². The van der Waals surface area contributed by atoms with Crippen LogP contribution in [0.1, 0.15) is 42.9 Å². The summed E-state index contributed by atoms with van der Waals surface area (Å²) in [5.74, 6) is 0.631. The molecule has 5 nitrogen and oxygen atoms in total. The van der Waals surface area contributed by atoms with E-state index >= 15 is 0 Å². The summed E-state index contributed by atoms with van der Waals surface area (Å²) in [5, 5.41) is 7.78. The fourth-order valence-corrected chi connectivity index (χ4v) is 5.15. The molecule has 1 aromatic carbocycles. The van der Waals surface area contributed by atoms with Crippen LogP contribution in [-0.2, 0) is 0 Å². The summed E-state index contributed by atoms with van der Waals surface area (Å²) in [6.45, 7) is 13.7. The number of nitrogens with one attached hydrogen (secondary N) is 2. The molecule has 1 saturated carbocycles. The predicted molar refractivity (Wildman–Crippen MR) is 134 cm³/mol. The normalized spacial score (nSPS) is 21.0. The minimum Gasteiger partial charge on any atom is -0.371 e. The fourth-order valence-electron chi connectivity index (χ4n) is 4.91. The number of aromatic nitrogens is 1. The highest BCUT2D eigenvalue weighted by Crippen LogP contribution is 2.40. The number of rotatable bonds is 7. The third-order valence-electron chi connectivity index (χ3n) is 6.88. The highest BCUT2D eigenvalue weighted by Gasteiger charge is 2.29. The van der Waals surface area contributed by atoms with Crippen LogP contribution in [0.3, 0.4) is 0 Å². The lowest BCUT2D eigenvalue weighted by atomic mass is 10.00. The zero-order valence-electron chi connectivity index (χ0n) is 18.6. The average molecular weight is 450 g/mol. The number of hydrogen-bond donors (Lipinski definition) is 2. The fraction of sp³-hybridized carbons (Fsp3) is 0.423. The molecule has 2 N–H and O–H groups in total. The van der Waals surface area contributed by atoms with Crippen LogP contribution in [0.15, 0.2) is 55.5 Å². The smallest absolute Gasteiger partial charge is 0.0683 e. The van der Waals surface area contributed by atoms with Crippen molar-refractivity contribution >= 4 is 28.7 Å². The summed E-state index contributed by atoms with van der Waals surface area (Å²) in [6, 6.07) is 8.84. The van der Waals surface area contributed by atoms with Gasteiger partial charge >= 0.3 is 0 Å². The van der Waals surface area contributed by atoms with Crippen molar-refractivity contribution in [1.82, 2.24) is 15.2 Å². The lowest BCUT2D eigenvalue weighted by Crippen LogP contribution is -2.45. The molecule has 0 radical (unpaired) electrons. The molecule has 5 rings (SSSR count). The maximum Gasteiger partial charge on any atom is 0.0683 e. The van der Waals surface area contributed by atoms with Crippen LogP contribution >= 0.6 is 11.6 Å². The third kappa shape index (κ3) is 4.37. The zero-order chi connectivity index (χ0) is 22.1. The number of hydrogen-bond acceptors (Lipinski definition) is 5. The van der Waals surface area contributed by atoms with Crippen molar-refractivity contribution in [3.05, 3.63) is 71.7 Å². The highest BCUT2D eigenvalue weighted by atomic mass is 35.5. The van der Waals surface area contributed by atoms with E-state index in [4.69, 9.17) is 11.6 Å². The van der Waals surface area contributed by atoms with Gasteiger partial charge in [0.15, 0.2) is 0 Å². The van der Waals surface area contributed by atoms with E-state index in [2.05, 4.69) is 56.8 Å². The monoisotopic (exact) mass is 449 g/mol. The van der Waals surface area contributed by atoms with Gasteiger partial charge in [0.2, 0.25) is 0 Å². The Balaban J connectivity index is 1.47. The van der Waals surface area contributed by atoms with E-state index in [1.807, 2.05) is 12.3 Å². The first-order chi connectivity index (χ1) is 15.6. The van der Waals surface area contributed by atoms with Crippen molar-refractivity contribution in [2.45, 2.75) is 31.7 Å². The molecular formula is C26H32ClN5. The van der Waals surface area contributed by atoms with E-state index in [1.165, 1.54) is 36.9 Å². The molecule has 3 heterocycles. The Bertz CT molecular complexity index is 1010. The average Bonchev–Trinajstić information content (AvgIpc) is 3.53. The number of pyridine rings is 1. The summed E-state index contributed by atoms with van der Waals surface area (Å²) < 4.78 is 0. The number of anilines is 2. The Morgan fingerprint density at radius 1 is 1.12 bits per heavy atom. The molecule has 3 fully saturated rings. The first-order valence-corrected chi connectivity index (χ1v) is 12.1. The van der Waals surface area contributed by atoms with Crippen LogP contribution in [0, 0.1) is 5.92 Å². The van der Waals surface area contributed by atoms with Crippen LogP contribution in [0.4, 0.5) is 11.4 Å². The summed E-state index contributed by atoms with van der Waals surface area (Å²) >= 11 is 6.54. The van der Waals surface area contributed by atoms with Crippen molar-refractivity contribution in [3.63, 3.8) is 0 Å². The molecule has 1 aliphatic carbocycles. The van der Waals surface area contributed by atoms with E-state index in [0.29, 0.717) is 10.9 Å². The van der Waals surface area contributed by atoms with Crippen molar-refractivity contribution < 1.29 is 0 Å². The van der Waals surface area contributed by atoms with E-state index in [9.17, 15) is 0 Å². The Morgan fingerprint density at radius 2 is 1.94 bits per heavy atom. The van der Waals surface area contributed by atoms with Crippen molar-refractivity contribution in [3.8, 4) is 0 Å². The Morgan fingerprint density at radius 3 is 2.69 bits per heavy atom. The van der Waals surface area contributed by atoms with Gasteiger partial charge in [0.25, 0.3) is 0 Å². The van der Waals surface area contributed by atoms with Crippen LogP contribution in [-0.4, -0.2) is 42.6 Å². The Hall–Kier alpha value is -2.50. The first kappa shape index (κ1) is 21.4. The molecule has 0 amide bonds. The Kier molecular flexibility index (Phi) is 6.11. The largest absolute Gasteiger partial charge is 0.371 e. The summed E-state index contributed by atoms with van der Waals surface area (Å²) in [7, 11) is 0. The molecule has 0 bridgehead atoms. The van der Waals surface area contributed by atoms with Crippen molar-refractivity contribution in [2.24, 2.45) is 5.92 Å². The molecule has 2 saturated heterocycles. The molecular weight excluding hydrogens is 418 g/mol. The molecule has 2 aromatic rings. The first-order valence-electron chi connectivity index (χ1n) is 11.7. The van der Waals surface area contributed by atoms with Gasteiger partial charge in [-0.3, -0.25) is 4.98 Å². The maximum absolute atomic E-state index is 6.54. The number of allylic oxidation sites excluding steroid dienone is 1. The second kappa shape index (κ2) is 9.16. The van der Waals surface area contributed by atoms with Gasteiger partial charge in [0.1, 0.15) is 0 Å².